The van der Waals surface area contributed by atoms with Crippen molar-refractivity contribution in [3.05, 3.63) is 30.6 Å². The van der Waals surface area contributed by atoms with Gasteiger partial charge in [0.2, 0.25) is 0 Å². The highest BCUT2D eigenvalue weighted by molar-refractivity contribution is 7.99. The zero-order chi connectivity index (χ0) is 13.2. The molecule has 0 radical (unpaired) electrons. The van der Waals surface area contributed by atoms with Crippen molar-refractivity contribution in [1.82, 2.24) is 9.97 Å². The molecular weight excluding hydrogens is 266 g/mol. The zero-order valence-electron chi connectivity index (χ0n) is 9.66. The van der Waals surface area contributed by atoms with Gasteiger partial charge >= 0.3 is 5.97 Å². The van der Waals surface area contributed by atoms with Gasteiger partial charge in [0.25, 0.3) is 0 Å². The number of hydrogen-bond acceptors (Lipinski definition) is 7. The van der Waals surface area contributed by atoms with Gasteiger partial charge in [-0.05, 0) is 12.1 Å². The molecule has 19 heavy (non-hydrogen) atoms. The van der Waals surface area contributed by atoms with Gasteiger partial charge in [-0.25, -0.2) is 14.8 Å². The van der Waals surface area contributed by atoms with Crippen molar-refractivity contribution in [3.8, 4) is 5.75 Å². The minimum absolute atomic E-state index is 0.373. The third-order valence-electron chi connectivity index (χ3n) is 2.44. The minimum atomic E-state index is -0.691. The van der Waals surface area contributed by atoms with Gasteiger partial charge in [-0.2, -0.15) is 0 Å². The van der Waals surface area contributed by atoms with E-state index in [-0.39, 0.29) is 0 Å². The van der Waals surface area contributed by atoms with E-state index in [2.05, 4.69) is 15.3 Å². The number of nitrogens with zero attached hydrogens (tertiary/aromatic N) is 2. The van der Waals surface area contributed by atoms with Crippen molar-refractivity contribution < 1.29 is 14.6 Å². The molecule has 0 saturated carbocycles. The second-order valence-electron chi connectivity index (χ2n) is 3.73. The van der Waals surface area contributed by atoms with E-state index in [1.807, 2.05) is 6.07 Å². The van der Waals surface area contributed by atoms with Gasteiger partial charge in [-0.3, -0.25) is 0 Å². The number of aliphatic hydroxyl groups is 1. The molecular formula is C12H9N3O3S. The summed E-state index contributed by atoms with van der Waals surface area (Å²) in [6.07, 6.45) is 3.24. The Bertz CT molecular complexity index is 648. The predicted octanol–water partition coefficient (Wildman–Crippen LogP) is 1.58. The maximum atomic E-state index is 11.0. The number of anilines is 2. The summed E-state index contributed by atoms with van der Waals surface area (Å²) in [5.41, 5.74) is 0.793. The molecule has 0 aliphatic carbocycles. The molecule has 0 fully saturated rings. The number of aliphatic hydroxyl groups excluding tert-OH is 1. The van der Waals surface area contributed by atoms with Crippen LogP contribution in [0.25, 0.3) is 0 Å². The molecule has 1 aromatic carbocycles. The molecule has 0 spiro atoms. The first-order valence-corrected chi connectivity index (χ1v) is 6.29. The maximum Gasteiger partial charge on any atom is 0.337 e. The standard InChI is InChI=1S/C12H9N3O3S/c16-6-10(17)18-7-1-2-9-8(5-7)15-11-12(19-9)14-4-3-13-11/h1-5,16H,6H2,(H,13,15). The number of fused-ring (bicyclic) bond motifs is 2. The number of carbonyl (C=O) groups excluding carboxylic acids is 1. The topological polar surface area (TPSA) is 84.3 Å². The van der Waals surface area contributed by atoms with Gasteiger partial charge in [-0.15, -0.1) is 0 Å². The van der Waals surface area contributed by atoms with E-state index < -0.39 is 12.6 Å². The summed E-state index contributed by atoms with van der Waals surface area (Å²) in [5.74, 6) is 0.354. The normalized spacial score (nSPS) is 12.1. The lowest BCUT2D eigenvalue weighted by molar-refractivity contribution is -0.137. The Morgan fingerprint density at radius 1 is 1.37 bits per heavy atom. The van der Waals surface area contributed by atoms with Gasteiger partial charge in [0.05, 0.1) is 5.69 Å². The van der Waals surface area contributed by atoms with Crippen molar-refractivity contribution in [3.63, 3.8) is 0 Å². The molecule has 1 aromatic heterocycles. The summed E-state index contributed by atoms with van der Waals surface area (Å²) in [5, 5.41) is 12.6. The average Bonchev–Trinajstić information content (AvgIpc) is 2.45. The van der Waals surface area contributed by atoms with Crippen LogP contribution in [0.1, 0.15) is 0 Å². The van der Waals surface area contributed by atoms with E-state index in [1.54, 1.807) is 24.5 Å². The molecule has 7 heteroatoms. The Morgan fingerprint density at radius 2 is 2.21 bits per heavy atom. The Hall–Kier alpha value is -2.12. The zero-order valence-corrected chi connectivity index (χ0v) is 10.5. The fraction of sp³-hybridized carbons (Fsp3) is 0.0833. The fourth-order valence-corrected chi connectivity index (χ4v) is 2.52. The van der Waals surface area contributed by atoms with Gasteiger partial charge in [0.1, 0.15) is 17.4 Å². The Balaban J connectivity index is 1.90. The van der Waals surface area contributed by atoms with Crippen LogP contribution in [0.4, 0.5) is 11.5 Å². The second kappa shape index (κ2) is 4.87. The second-order valence-corrected chi connectivity index (χ2v) is 4.76. The molecule has 2 N–H and O–H groups in total. The number of ether oxygens (including phenoxy) is 1. The summed E-state index contributed by atoms with van der Waals surface area (Å²) < 4.78 is 4.94. The number of esters is 1. The number of carbonyl (C=O) groups is 1. The number of hydrogen-bond donors (Lipinski definition) is 2. The Kier molecular flexibility index (Phi) is 3.06. The number of benzene rings is 1. The van der Waals surface area contributed by atoms with Crippen LogP contribution in [0.15, 0.2) is 40.5 Å². The molecule has 3 rings (SSSR count). The van der Waals surface area contributed by atoms with Crippen LogP contribution >= 0.6 is 11.8 Å². The monoisotopic (exact) mass is 275 g/mol. The molecule has 6 nitrogen and oxygen atoms in total. The van der Waals surface area contributed by atoms with Crippen molar-refractivity contribution in [2.75, 3.05) is 11.9 Å². The van der Waals surface area contributed by atoms with Crippen molar-refractivity contribution >= 4 is 29.2 Å². The smallest absolute Gasteiger partial charge is 0.337 e. The maximum absolute atomic E-state index is 11.0. The largest absolute Gasteiger partial charge is 0.425 e. The summed E-state index contributed by atoms with van der Waals surface area (Å²) in [6.45, 7) is -0.645. The van der Waals surface area contributed by atoms with Crippen LogP contribution in [-0.4, -0.2) is 27.7 Å². The van der Waals surface area contributed by atoms with E-state index >= 15 is 0 Å². The highest BCUT2D eigenvalue weighted by Crippen LogP contribution is 2.42. The molecule has 2 heterocycles. The molecule has 1 aliphatic heterocycles. The van der Waals surface area contributed by atoms with Crippen LogP contribution in [-0.2, 0) is 4.79 Å². The number of aromatic nitrogens is 2. The van der Waals surface area contributed by atoms with E-state index in [4.69, 9.17) is 9.84 Å². The third-order valence-corrected chi connectivity index (χ3v) is 3.50. The van der Waals surface area contributed by atoms with Crippen molar-refractivity contribution in [1.29, 1.82) is 0 Å². The molecule has 0 amide bonds. The SMILES string of the molecule is O=C(CO)Oc1ccc2c(c1)Nc1nccnc1S2. The molecule has 2 aromatic rings. The average molecular weight is 275 g/mol. The van der Waals surface area contributed by atoms with Crippen molar-refractivity contribution in [2.24, 2.45) is 0 Å². The Morgan fingerprint density at radius 3 is 3.05 bits per heavy atom. The van der Waals surface area contributed by atoms with Crippen LogP contribution in [0.3, 0.4) is 0 Å². The number of rotatable bonds is 2. The molecule has 1 aliphatic rings. The first kappa shape index (κ1) is 11.9. The van der Waals surface area contributed by atoms with Crippen LogP contribution in [0, 0.1) is 0 Å². The van der Waals surface area contributed by atoms with Crippen LogP contribution in [0.2, 0.25) is 0 Å². The van der Waals surface area contributed by atoms with Gasteiger partial charge < -0.3 is 15.2 Å². The summed E-state index contributed by atoms with van der Waals surface area (Å²) in [4.78, 5) is 20.4. The Labute approximate surface area is 112 Å². The number of nitrogens with one attached hydrogen (secondary N) is 1. The quantitative estimate of drug-likeness (QED) is 0.542. The molecule has 0 atom stereocenters. The van der Waals surface area contributed by atoms with E-state index in [1.165, 1.54) is 11.8 Å². The lowest BCUT2D eigenvalue weighted by Crippen LogP contribution is -2.12. The first-order valence-electron chi connectivity index (χ1n) is 5.48. The summed E-state index contributed by atoms with van der Waals surface area (Å²) in [7, 11) is 0. The summed E-state index contributed by atoms with van der Waals surface area (Å²) >= 11 is 1.49. The van der Waals surface area contributed by atoms with Crippen molar-refractivity contribution in [2.45, 2.75) is 9.92 Å². The van der Waals surface area contributed by atoms with Gasteiger partial charge in [0.15, 0.2) is 5.82 Å². The predicted molar refractivity (Wildman–Crippen MR) is 68.6 cm³/mol. The first-order chi connectivity index (χ1) is 9.26. The van der Waals surface area contributed by atoms with Crippen LogP contribution in [0.5, 0.6) is 5.75 Å². The van der Waals surface area contributed by atoms with E-state index in [9.17, 15) is 4.79 Å². The highest BCUT2D eigenvalue weighted by Gasteiger charge is 2.18. The fourth-order valence-electron chi connectivity index (χ4n) is 1.64. The van der Waals surface area contributed by atoms with Gasteiger partial charge in [-0.1, -0.05) is 11.8 Å². The third kappa shape index (κ3) is 2.38. The highest BCUT2D eigenvalue weighted by atomic mass is 32.2. The minimum Gasteiger partial charge on any atom is -0.425 e. The lowest BCUT2D eigenvalue weighted by atomic mass is 10.3. The van der Waals surface area contributed by atoms with Crippen LogP contribution < -0.4 is 10.1 Å². The molecule has 0 saturated heterocycles. The molecule has 0 unspecified atom stereocenters. The lowest BCUT2D eigenvalue weighted by Gasteiger charge is -2.19. The summed E-state index contributed by atoms with van der Waals surface area (Å²) in [6, 6.07) is 5.18. The molecule has 0 bridgehead atoms. The van der Waals surface area contributed by atoms with E-state index in [0.29, 0.717) is 11.6 Å². The van der Waals surface area contributed by atoms with Gasteiger partial charge in [0, 0.05) is 23.4 Å². The van der Waals surface area contributed by atoms with E-state index in [0.717, 1.165) is 15.6 Å². The molecule has 96 valence electrons.